The Kier molecular flexibility index (Phi) is 7.46. The first-order chi connectivity index (χ1) is 17.6. The molecule has 1 aliphatic heterocycles. The monoisotopic (exact) mass is 528 g/mol. The van der Waals surface area contributed by atoms with Crippen molar-refractivity contribution in [1.82, 2.24) is 10.5 Å². The molecule has 0 bridgehead atoms. The Morgan fingerprint density at radius 1 is 1.22 bits per heavy atom. The number of amidine groups is 1. The molecule has 1 atom stereocenters. The van der Waals surface area contributed by atoms with Gasteiger partial charge >= 0.3 is 0 Å². The van der Waals surface area contributed by atoms with Crippen LogP contribution < -0.4 is 10.2 Å². The van der Waals surface area contributed by atoms with Crippen molar-refractivity contribution in [3.8, 4) is 11.3 Å². The summed E-state index contributed by atoms with van der Waals surface area (Å²) in [5.41, 5.74) is 4.03. The zero-order valence-corrected chi connectivity index (χ0v) is 21.3. The summed E-state index contributed by atoms with van der Waals surface area (Å²) in [4.78, 5) is 18.0. The molecule has 36 heavy (non-hydrogen) atoms. The predicted molar refractivity (Wildman–Crippen MR) is 139 cm³/mol. The Morgan fingerprint density at radius 3 is 2.72 bits per heavy atom. The maximum atomic E-state index is 10.9. The van der Waals surface area contributed by atoms with Gasteiger partial charge in [-0.25, -0.2) is 0 Å². The molecule has 0 radical (unpaired) electrons. The fourth-order valence-electron chi connectivity index (χ4n) is 4.51. The fourth-order valence-corrected chi connectivity index (χ4v) is 5.08. The van der Waals surface area contributed by atoms with Crippen molar-refractivity contribution in [3.05, 3.63) is 69.4 Å². The number of carbonyl (C=O) groups is 1. The van der Waals surface area contributed by atoms with E-state index in [1.54, 1.807) is 12.1 Å². The molecule has 8 nitrogen and oxygen atoms in total. The van der Waals surface area contributed by atoms with Crippen molar-refractivity contribution in [1.29, 1.82) is 0 Å². The molecule has 2 heterocycles. The number of hydrogen-bond donors (Lipinski definition) is 1. The van der Waals surface area contributed by atoms with E-state index in [9.17, 15) is 4.79 Å². The Morgan fingerprint density at radius 2 is 2.00 bits per heavy atom. The maximum absolute atomic E-state index is 10.9. The second kappa shape index (κ2) is 10.9. The van der Waals surface area contributed by atoms with Crippen LogP contribution in [0.4, 0.5) is 5.69 Å². The molecule has 188 valence electrons. The molecule has 1 aromatic heterocycles. The maximum Gasteiger partial charge on any atom is 0.212 e. The van der Waals surface area contributed by atoms with Crippen molar-refractivity contribution >= 4 is 41.1 Å². The number of nitrogens with zero attached hydrogens (tertiary/aromatic N) is 3. The first kappa shape index (κ1) is 24.6. The topological polar surface area (TPSA) is 89.2 Å². The summed E-state index contributed by atoms with van der Waals surface area (Å²) < 4.78 is 12.1. The first-order valence-corrected chi connectivity index (χ1v) is 12.6. The number of hydrogen-bond acceptors (Lipinski definition) is 7. The normalized spacial score (nSPS) is 17.9. The van der Waals surface area contributed by atoms with E-state index in [1.165, 1.54) is 7.11 Å². The summed E-state index contributed by atoms with van der Waals surface area (Å²) in [5, 5.41) is 11.9. The number of carbonyl (C=O) groups excluding carboxylic acids is 1. The van der Waals surface area contributed by atoms with E-state index < -0.39 is 0 Å². The summed E-state index contributed by atoms with van der Waals surface area (Å²) in [6, 6.07) is 13.2. The van der Waals surface area contributed by atoms with Crippen molar-refractivity contribution < 1.29 is 18.9 Å². The van der Waals surface area contributed by atoms with Gasteiger partial charge in [-0.15, -0.1) is 0 Å². The molecule has 2 aromatic carbocycles. The lowest BCUT2D eigenvalue weighted by molar-refractivity contribution is -0.108. The van der Waals surface area contributed by atoms with Gasteiger partial charge in [0.1, 0.15) is 18.6 Å². The molecule has 2 fully saturated rings. The van der Waals surface area contributed by atoms with Crippen molar-refractivity contribution in [3.63, 3.8) is 0 Å². The minimum absolute atomic E-state index is 0.0328. The van der Waals surface area contributed by atoms with Crippen molar-refractivity contribution in [2.24, 2.45) is 5.16 Å². The van der Waals surface area contributed by atoms with Gasteiger partial charge in [0.15, 0.2) is 5.84 Å². The minimum Gasteiger partial charge on any atom is -0.397 e. The molecule has 2 aliphatic rings. The van der Waals surface area contributed by atoms with Crippen LogP contribution >= 0.6 is 23.2 Å². The highest BCUT2D eigenvalue weighted by Crippen LogP contribution is 2.46. The third-order valence-electron chi connectivity index (χ3n) is 6.44. The SMILES string of the molecule is CO/N=C(\NC=O)c1cccc(N2CCC(OCc3c(-c4c(Cl)cccc4Cl)noc3C3CC3)C2)c1. The van der Waals surface area contributed by atoms with Gasteiger partial charge < -0.3 is 24.3 Å². The van der Waals surface area contributed by atoms with Crippen LogP contribution in [0.2, 0.25) is 10.0 Å². The lowest BCUT2D eigenvalue weighted by Gasteiger charge is -2.20. The van der Waals surface area contributed by atoms with Crippen molar-refractivity contribution in [2.45, 2.75) is 37.9 Å². The molecule has 5 rings (SSSR count). The first-order valence-electron chi connectivity index (χ1n) is 11.8. The highest BCUT2D eigenvalue weighted by atomic mass is 35.5. The number of oxime groups is 1. The van der Waals surface area contributed by atoms with Crippen LogP contribution in [0.1, 0.15) is 42.1 Å². The van der Waals surface area contributed by atoms with Gasteiger partial charge in [0.05, 0.1) is 22.8 Å². The molecular weight excluding hydrogens is 503 g/mol. The van der Waals surface area contributed by atoms with Gasteiger partial charge in [0, 0.05) is 41.4 Å². The number of aromatic nitrogens is 1. The molecule has 3 aromatic rings. The summed E-state index contributed by atoms with van der Waals surface area (Å²) in [7, 11) is 1.44. The van der Waals surface area contributed by atoms with Gasteiger partial charge in [0.25, 0.3) is 0 Å². The molecule has 1 N–H and O–H groups in total. The largest absolute Gasteiger partial charge is 0.397 e. The van der Waals surface area contributed by atoms with E-state index in [0.717, 1.165) is 54.9 Å². The lowest BCUT2D eigenvalue weighted by atomic mass is 10.0. The lowest BCUT2D eigenvalue weighted by Crippen LogP contribution is -2.25. The van der Waals surface area contributed by atoms with Crippen LogP contribution in [0.15, 0.2) is 52.1 Å². The van der Waals surface area contributed by atoms with E-state index in [4.69, 9.17) is 37.3 Å². The third-order valence-corrected chi connectivity index (χ3v) is 7.07. The van der Waals surface area contributed by atoms with E-state index in [1.807, 2.05) is 30.3 Å². The summed E-state index contributed by atoms with van der Waals surface area (Å²) in [5.74, 6) is 1.60. The van der Waals surface area contributed by atoms with Crippen LogP contribution in [0.25, 0.3) is 11.3 Å². The molecule has 1 saturated heterocycles. The zero-order valence-electron chi connectivity index (χ0n) is 19.7. The van der Waals surface area contributed by atoms with Crippen LogP contribution in [0.3, 0.4) is 0 Å². The second-order valence-electron chi connectivity index (χ2n) is 8.85. The highest BCUT2D eigenvalue weighted by Gasteiger charge is 2.34. The minimum atomic E-state index is 0.0328. The van der Waals surface area contributed by atoms with Crippen LogP contribution in [0.5, 0.6) is 0 Å². The quantitative estimate of drug-likeness (QED) is 0.173. The Bertz CT molecular complexity index is 1250. The summed E-state index contributed by atoms with van der Waals surface area (Å²) in [6.07, 6.45) is 3.65. The molecule has 1 saturated carbocycles. The number of anilines is 1. The van der Waals surface area contributed by atoms with E-state index >= 15 is 0 Å². The highest BCUT2D eigenvalue weighted by molar-refractivity contribution is 6.39. The number of rotatable bonds is 9. The molecule has 1 unspecified atom stereocenters. The van der Waals surface area contributed by atoms with Gasteiger partial charge in [-0.1, -0.05) is 51.7 Å². The third kappa shape index (κ3) is 5.21. The van der Waals surface area contributed by atoms with Gasteiger partial charge in [0.2, 0.25) is 6.41 Å². The van der Waals surface area contributed by atoms with Crippen LogP contribution in [0, 0.1) is 0 Å². The Balaban J connectivity index is 1.30. The molecule has 0 spiro atoms. The predicted octanol–water partition coefficient (Wildman–Crippen LogP) is 5.38. The Hall–Kier alpha value is -3.07. The van der Waals surface area contributed by atoms with E-state index in [0.29, 0.717) is 46.1 Å². The summed E-state index contributed by atoms with van der Waals surface area (Å²) in [6.45, 7) is 1.94. The number of nitrogens with one attached hydrogen (secondary N) is 1. The number of amides is 1. The zero-order chi connectivity index (χ0) is 25.1. The average Bonchev–Trinajstić information content (AvgIpc) is 3.46. The number of benzene rings is 2. The van der Waals surface area contributed by atoms with Crippen molar-refractivity contribution in [2.75, 3.05) is 25.1 Å². The number of halogens is 2. The standard InChI is InChI=1S/C26H26Cl2N4O4/c1-34-31-26(29-15-33)17-4-2-5-18(12-17)32-11-10-19(13-32)35-14-20-24(30-36-25(20)16-8-9-16)23-21(27)6-3-7-22(23)28/h2-7,12,15-16,19H,8-11,13-14H2,1H3,(H,29,31,33). The summed E-state index contributed by atoms with van der Waals surface area (Å²) >= 11 is 13.0. The molecule has 1 amide bonds. The Labute approximate surface area is 219 Å². The van der Waals surface area contributed by atoms with E-state index in [2.05, 4.69) is 20.5 Å². The van der Waals surface area contributed by atoms with Gasteiger partial charge in [-0.2, -0.15) is 0 Å². The molecule has 1 aliphatic carbocycles. The fraction of sp³-hybridized carbons (Fsp3) is 0.346. The van der Waals surface area contributed by atoms with Crippen LogP contribution in [-0.4, -0.2) is 43.7 Å². The molecule has 10 heteroatoms. The van der Waals surface area contributed by atoms with Gasteiger partial charge in [-0.3, -0.25) is 4.79 Å². The second-order valence-corrected chi connectivity index (χ2v) is 9.66. The van der Waals surface area contributed by atoms with Gasteiger partial charge in [-0.05, 0) is 43.5 Å². The average molecular weight is 529 g/mol. The van der Waals surface area contributed by atoms with Crippen LogP contribution in [-0.2, 0) is 21.0 Å². The van der Waals surface area contributed by atoms with E-state index in [-0.39, 0.29) is 6.10 Å². The molecular formula is C26H26Cl2N4O4. The smallest absolute Gasteiger partial charge is 0.212 e. The number of ether oxygens (including phenoxy) is 1.